The van der Waals surface area contributed by atoms with Crippen molar-refractivity contribution in [1.29, 1.82) is 0 Å². The number of ether oxygens (including phenoxy) is 1. The maximum Gasteiger partial charge on any atom is 0.441 e. The molecule has 1 aromatic rings. The van der Waals surface area contributed by atoms with Crippen LogP contribution in [-0.4, -0.2) is 30.3 Å². The van der Waals surface area contributed by atoms with Gasteiger partial charge in [-0.2, -0.15) is 13.2 Å². The number of anilines is 1. The molecule has 1 rings (SSSR count). The van der Waals surface area contributed by atoms with Gasteiger partial charge in [0.2, 0.25) is 5.91 Å². The number of aryl methyl sites for hydroxylation is 1. The zero-order valence-corrected chi connectivity index (χ0v) is 14.7. The van der Waals surface area contributed by atoms with Gasteiger partial charge in [0, 0.05) is 12.1 Å². The highest BCUT2D eigenvalue weighted by molar-refractivity contribution is 5.91. The average Bonchev–Trinajstić information content (AvgIpc) is 2.47. The number of alkyl halides is 3. The number of carbonyl (C=O) groups is 2. The Morgan fingerprint density at radius 1 is 1.16 bits per heavy atom. The van der Waals surface area contributed by atoms with Crippen molar-refractivity contribution in [3.05, 3.63) is 29.8 Å². The van der Waals surface area contributed by atoms with Crippen LogP contribution in [0.1, 0.15) is 32.8 Å². The minimum Gasteiger partial charge on any atom is -0.463 e. The summed E-state index contributed by atoms with van der Waals surface area (Å²) in [5.74, 6) is -2.69. The highest BCUT2D eigenvalue weighted by Gasteiger charge is 2.63. The number of hydrogen-bond donors (Lipinski definition) is 2. The molecule has 0 saturated carbocycles. The number of nitrogens with one attached hydrogen (secondary N) is 2. The smallest absolute Gasteiger partial charge is 0.441 e. The van der Waals surface area contributed by atoms with Crippen molar-refractivity contribution in [1.82, 2.24) is 5.32 Å². The van der Waals surface area contributed by atoms with Gasteiger partial charge in [-0.3, -0.25) is 4.79 Å². The van der Waals surface area contributed by atoms with Gasteiger partial charge in [-0.25, -0.2) is 4.79 Å². The largest absolute Gasteiger partial charge is 0.463 e. The first-order valence-corrected chi connectivity index (χ1v) is 7.91. The summed E-state index contributed by atoms with van der Waals surface area (Å²) in [5.41, 5.74) is -2.49. The molecule has 0 aliphatic carbocycles. The van der Waals surface area contributed by atoms with Crippen molar-refractivity contribution in [3.8, 4) is 0 Å². The second-order valence-electron chi connectivity index (χ2n) is 6.11. The van der Waals surface area contributed by atoms with Crippen LogP contribution in [0, 0.1) is 12.8 Å². The Hall–Kier alpha value is -2.25. The van der Waals surface area contributed by atoms with E-state index in [1.807, 2.05) is 0 Å². The van der Waals surface area contributed by atoms with Crippen LogP contribution in [0.15, 0.2) is 24.3 Å². The molecule has 0 bridgehead atoms. The van der Waals surface area contributed by atoms with Crippen molar-refractivity contribution in [3.63, 3.8) is 0 Å². The molecule has 1 atom stereocenters. The molecule has 5 nitrogen and oxygen atoms in total. The van der Waals surface area contributed by atoms with E-state index < -0.39 is 23.7 Å². The molecular weight excluding hydrogens is 337 g/mol. The quantitative estimate of drug-likeness (QED) is 0.578. The van der Waals surface area contributed by atoms with Gasteiger partial charge in [-0.15, -0.1) is 0 Å². The molecule has 25 heavy (non-hydrogen) atoms. The number of esters is 1. The molecule has 8 heteroatoms. The maximum absolute atomic E-state index is 13.8. The van der Waals surface area contributed by atoms with Gasteiger partial charge >= 0.3 is 17.8 Å². The van der Waals surface area contributed by atoms with Crippen LogP contribution in [0.5, 0.6) is 0 Å². The Kier molecular flexibility index (Phi) is 6.84. The molecule has 2 N–H and O–H groups in total. The summed E-state index contributed by atoms with van der Waals surface area (Å²) < 4.78 is 46.1. The predicted octanol–water partition coefficient (Wildman–Crippen LogP) is 3.39. The van der Waals surface area contributed by atoms with Gasteiger partial charge in [-0.1, -0.05) is 31.5 Å². The Bertz CT molecular complexity index is 600. The second kappa shape index (κ2) is 8.22. The van der Waals surface area contributed by atoms with E-state index in [4.69, 9.17) is 0 Å². The highest BCUT2D eigenvalue weighted by Crippen LogP contribution is 2.33. The van der Waals surface area contributed by atoms with Crippen LogP contribution in [-0.2, 0) is 14.3 Å². The molecule has 0 aromatic heterocycles. The third kappa shape index (κ3) is 5.37. The zero-order chi connectivity index (χ0) is 19.3. The summed E-state index contributed by atoms with van der Waals surface area (Å²) in [6, 6.07) is 5.96. The summed E-state index contributed by atoms with van der Waals surface area (Å²) in [5, 5.41) is 3.92. The number of halogens is 3. The number of hydrogen-bond acceptors (Lipinski definition) is 4. The zero-order valence-electron chi connectivity index (χ0n) is 14.7. The van der Waals surface area contributed by atoms with Crippen LogP contribution in [0.4, 0.5) is 18.9 Å². The molecule has 0 radical (unpaired) electrons. The minimum atomic E-state index is -5.11. The maximum atomic E-state index is 13.8. The summed E-state index contributed by atoms with van der Waals surface area (Å²) in [4.78, 5) is 24.2. The third-order valence-electron chi connectivity index (χ3n) is 3.31. The molecule has 1 unspecified atom stereocenters. The fraction of sp³-hybridized carbons (Fsp3) is 0.529. The second-order valence-corrected chi connectivity index (χ2v) is 6.11. The van der Waals surface area contributed by atoms with Gasteiger partial charge in [0.25, 0.3) is 0 Å². The summed E-state index contributed by atoms with van der Waals surface area (Å²) in [6.07, 6.45) is -5.27. The summed E-state index contributed by atoms with van der Waals surface area (Å²) in [6.45, 7) is 6.28. The van der Waals surface area contributed by atoms with E-state index in [1.165, 1.54) is 19.1 Å². The lowest BCUT2D eigenvalue weighted by atomic mass is 10.1. The fourth-order valence-electron chi connectivity index (χ4n) is 2.11. The molecular formula is C17H23F3N2O3. The van der Waals surface area contributed by atoms with Gasteiger partial charge in [0.15, 0.2) is 0 Å². The van der Waals surface area contributed by atoms with Crippen molar-refractivity contribution >= 4 is 17.6 Å². The van der Waals surface area contributed by atoms with Crippen molar-refractivity contribution in [2.24, 2.45) is 5.92 Å². The molecule has 0 aliphatic heterocycles. The number of rotatable bonds is 7. The number of carbonyl (C=O) groups excluding carboxylic acids is 2. The standard InChI is InChI=1S/C17H23F3N2O3/c1-5-25-15(24)16(17(18,19)20,22-14(23)10-11(2)3)21-13-8-6-12(4)7-9-13/h6-9,11,21H,5,10H2,1-4H3,(H,22,23). The first-order valence-electron chi connectivity index (χ1n) is 7.91. The van der Waals surface area contributed by atoms with E-state index in [0.29, 0.717) is 0 Å². The van der Waals surface area contributed by atoms with Gasteiger partial charge in [0.1, 0.15) is 0 Å². The Morgan fingerprint density at radius 3 is 2.16 bits per heavy atom. The molecule has 0 spiro atoms. The normalized spacial score (nSPS) is 13.9. The van der Waals surface area contributed by atoms with E-state index in [2.05, 4.69) is 10.1 Å². The fourth-order valence-corrected chi connectivity index (χ4v) is 2.11. The molecule has 0 fully saturated rings. The number of benzene rings is 1. The molecule has 0 aliphatic rings. The molecule has 0 heterocycles. The SMILES string of the molecule is CCOC(=O)C(NC(=O)CC(C)C)(Nc1ccc(C)cc1)C(F)(F)F. The summed E-state index contributed by atoms with van der Waals surface area (Å²) >= 11 is 0. The minimum absolute atomic E-state index is 0.0285. The van der Waals surface area contributed by atoms with Crippen molar-refractivity contribution in [2.45, 2.75) is 46.0 Å². The summed E-state index contributed by atoms with van der Waals surface area (Å²) in [7, 11) is 0. The van der Waals surface area contributed by atoms with Crippen LogP contribution in [0.3, 0.4) is 0 Å². The Balaban J connectivity index is 3.31. The van der Waals surface area contributed by atoms with Crippen LogP contribution in [0.2, 0.25) is 0 Å². The predicted molar refractivity (Wildman–Crippen MR) is 87.8 cm³/mol. The molecule has 1 amide bonds. The lowest BCUT2D eigenvalue weighted by Gasteiger charge is -2.35. The molecule has 140 valence electrons. The van der Waals surface area contributed by atoms with E-state index >= 15 is 0 Å². The molecule has 1 aromatic carbocycles. The Labute approximate surface area is 144 Å². The van der Waals surface area contributed by atoms with Crippen LogP contribution in [0.25, 0.3) is 0 Å². The lowest BCUT2D eigenvalue weighted by Crippen LogP contribution is -2.69. The third-order valence-corrected chi connectivity index (χ3v) is 3.31. The van der Waals surface area contributed by atoms with E-state index in [-0.39, 0.29) is 24.6 Å². The van der Waals surface area contributed by atoms with Gasteiger partial charge in [-0.05, 0) is 31.9 Å². The van der Waals surface area contributed by atoms with E-state index in [9.17, 15) is 22.8 Å². The lowest BCUT2D eigenvalue weighted by molar-refractivity contribution is -0.208. The first kappa shape index (κ1) is 20.8. The monoisotopic (exact) mass is 360 g/mol. The number of amides is 1. The molecule has 0 saturated heterocycles. The Morgan fingerprint density at radius 2 is 1.72 bits per heavy atom. The average molecular weight is 360 g/mol. The van der Waals surface area contributed by atoms with E-state index in [0.717, 1.165) is 5.56 Å². The van der Waals surface area contributed by atoms with Crippen LogP contribution < -0.4 is 10.6 Å². The highest BCUT2D eigenvalue weighted by atomic mass is 19.4. The van der Waals surface area contributed by atoms with E-state index in [1.54, 1.807) is 38.2 Å². The van der Waals surface area contributed by atoms with Crippen molar-refractivity contribution in [2.75, 3.05) is 11.9 Å². The van der Waals surface area contributed by atoms with Gasteiger partial charge in [0.05, 0.1) is 6.61 Å². The van der Waals surface area contributed by atoms with Gasteiger partial charge < -0.3 is 15.4 Å². The van der Waals surface area contributed by atoms with Crippen LogP contribution >= 0.6 is 0 Å². The first-order chi connectivity index (χ1) is 11.5. The topological polar surface area (TPSA) is 67.4 Å². The van der Waals surface area contributed by atoms with Crippen molar-refractivity contribution < 1.29 is 27.5 Å².